The monoisotopic (exact) mass is 325 g/mol. The SMILES string of the molecule is C[C@@H]1CC[C@H]2[C@@H](C)C(=O)N(CCO)[C@@H]3O[C@]4(C)CC[C@@H]1[C@@]23OO4. The lowest BCUT2D eigenvalue weighted by atomic mass is 9.57. The smallest absolute Gasteiger partial charge is 0.227 e. The van der Waals surface area contributed by atoms with E-state index in [0.717, 1.165) is 25.7 Å². The van der Waals surface area contributed by atoms with Crippen LogP contribution in [-0.2, 0) is 19.3 Å². The van der Waals surface area contributed by atoms with E-state index in [1.165, 1.54) is 0 Å². The maximum Gasteiger partial charge on any atom is 0.227 e. The normalized spacial score (nSPS) is 52.3. The van der Waals surface area contributed by atoms with Crippen LogP contribution >= 0.6 is 0 Å². The number of fused-ring (bicyclic) bond motifs is 2. The third-order valence-electron chi connectivity index (χ3n) is 6.70. The predicted octanol–water partition coefficient (Wildman–Crippen LogP) is 1.67. The number of rotatable bonds is 2. The van der Waals surface area contributed by atoms with Crippen LogP contribution in [0.2, 0.25) is 0 Å². The molecule has 0 aromatic rings. The van der Waals surface area contributed by atoms with Crippen LogP contribution in [0.5, 0.6) is 0 Å². The van der Waals surface area contributed by atoms with Crippen LogP contribution in [0.3, 0.4) is 0 Å². The summed E-state index contributed by atoms with van der Waals surface area (Å²) in [6.45, 7) is 6.35. The number of aliphatic hydroxyl groups excluding tert-OH is 1. The molecule has 1 spiro atoms. The number of aliphatic hydroxyl groups is 1. The first-order chi connectivity index (χ1) is 10.9. The lowest BCUT2D eigenvalue weighted by molar-refractivity contribution is -0.547. The Morgan fingerprint density at radius 3 is 2.74 bits per heavy atom. The van der Waals surface area contributed by atoms with Gasteiger partial charge in [0.25, 0.3) is 0 Å². The van der Waals surface area contributed by atoms with E-state index in [9.17, 15) is 9.90 Å². The van der Waals surface area contributed by atoms with Crippen LogP contribution in [0.15, 0.2) is 0 Å². The number of hydrogen-bond donors (Lipinski definition) is 1. The van der Waals surface area contributed by atoms with Crippen LogP contribution in [0.25, 0.3) is 0 Å². The second kappa shape index (κ2) is 5.15. The number of carbonyl (C=O) groups is 1. The average molecular weight is 325 g/mol. The zero-order valence-electron chi connectivity index (χ0n) is 14.2. The predicted molar refractivity (Wildman–Crippen MR) is 80.8 cm³/mol. The van der Waals surface area contributed by atoms with Gasteiger partial charge in [-0.25, -0.2) is 9.78 Å². The van der Waals surface area contributed by atoms with Crippen molar-refractivity contribution in [1.82, 2.24) is 4.90 Å². The number of piperidine rings is 1. The van der Waals surface area contributed by atoms with E-state index >= 15 is 0 Å². The molecule has 5 aliphatic rings. The van der Waals surface area contributed by atoms with E-state index in [-0.39, 0.29) is 30.9 Å². The van der Waals surface area contributed by atoms with Gasteiger partial charge >= 0.3 is 0 Å². The molecule has 1 saturated carbocycles. The largest absolute Gasteiger partial charge is 0.395 e. The molecule has 1 amide bonds. The number of amides is 1. The van der Waals surface area contributed by atoms with Gasteiger partial charge in [0.1, 0.15) is 0 Å². The molecule has 7 atom stereocenters. The summed E-state index contributed by atoms with van der Waals surface area (Å²) in [5.41, 5.74) is -0.601. The van der Waals surface area contributed by atoms with Crippen LogP contribution < -0.4 is 0 Å². The van der Waals surface area contributed by atoms with Crippen molar-refractivity contribution in [1.29, 1.82) is 0 Å². The van der Waals surface area contributed by atoms with Crippen LogP contribution in [0, 0.1) is 23.7 Å². The zero-order valence-corrected chi connectivity index (χ0v) is 14.2. The van der Waals surface area contributed by atoms with E-state index in [1.54, 1.807) is 4.90 Å². The topological polar surface area (TPSA) is 68.2 Å². The molecule has 1 aliphatic carbocycles. The van der Waals surface area contributed by atoms with E-state index < -0.39 is 17.6 Å². The first-order valence-electron chi connectivity index (χ1n) is 8.89. The zero-order chi connectivity index (χ0) is 16.4. The fraction of sp³-hybridized carbons (Fsp3) is 0.941. The van der Waals surface area contributed by atoms with Crippen molar-refractivity contribution in [2.45, 2.75) is 64.1 Å². The molecule has 0 aromatic carbocycles. The van der Waals surface area contributed by atoms with Crippen molar-refractivity contribution in [3.05, 3.63) is 0 Å². The van der Waals surface area contributed by atoms with Gasteiger partial charge in [-0.1, -0.05) is 13.8 Å². The fourth-order valence-corrected chi connectivity index (χ4v) is 5.49. The van der Waals surface area contributed by atoms with Crippen molar-refractivity contribution in [3.8, 4) is 0 Å². The Labute approximate surface area is 137 Å². The number of hydrogen-bond acceptors (Lipinski definition) is 5. The Bertz CT molecular complexity index is 513. The van der Waals surface area contributed by atoms with E-state index in [1.807, 2.05) is 13.8 Å². The molecule has 130 valence electrons. The molecule has 4 saturated heterocycles. The standard InChI is InChI=1S/C17H27NO5/c1-10-4-5-13-11(2)14(20)18(8-9-19)15-17(13)12(10)6-7-16(3,21-15)22-23-17/h10-13,15,19H,4-9H2,1-3H3/t10-,11-,12+,13+,15-,16+,17-/m1/s1. The molecule has 6 nitrogen and oxygen atoms in total. The first-order valence-corrected chi connectivity index (χ1v) is 8.89. The van der Waals surface area contributed by atoms with E-state index in [0.29, 0.717) is 11.8 Å². The third-order valence-corrected chi connectivity index (χ3v) is 6.70. The Morgan fingerprint density at radius 2 is 2.00 bits per heavy atom. The Morgan fingerprint density at radius 1 is 1.22 bits per heavy atom. The number of β-amino-alcohol motifs (C(OH)–C–C–N with tert-alkyl or cyclic N) is 1. The summed E-state index contributed by atoms with van der Waals surface area (Å²) in [5, 5.41) is 9.45. The van der Waals surface area contributed by atoms with Gasteiger partial charge in [0.15, 0.2) is 11.8 Å². The molecule has 6 heteroatoms. The summed E-state index contributed by atoms with van der Waals surface area (Å²) in [6.07, 6.45) is 3.36. The van der Waals surface area contributed by atoms with Crippen LogP contribution in [0.4, 0.5) is 0 Å². The summed E-state index contributed by atoms with van der Waals surface area (Å²) in [4.78, 5) is 26.4. The third kappa shape index (κ3) is 1.98. The van der Waals surface area contributed by atoms with Gasteiger partial charge in [-0.05, 0) is 38.0 Å². The Hall–Kier alpha value is -0.690. The highest BCUT2D eigenvalue weighted by molar-refractivity contribution is 5.80. The molecule has 0 aromatic heterocycles. The molecule has 4 heterocycles. The second-order valence-corrected chi connectivity index (χ2v) is 7.97. The summed E-state index contributed by atoms with van der Waals surface area (Å²) < 4.78 is 6.31. The number of nitrogens with zero attached hydrogens (tertiary/aromatic N) is 1. The minimum atomic E-state index is -0.813. The molecule has 5 rings (SSSR count). The van der Waals surface area contributed by atoms with Gasteiger partial charge in [0, 0.05) is 24.8 Å². The highest BCUT2D eigenvalue weighted by Crippen LogP contribution is 2.60. The molecular weight excluding hydrogens is 298 g/mol. The van der Waals surface area contributed by atoms with Gasteiger partial charge in [0.2, 0.25) is 11.7 Å². The molecular formula is C17H27NO5. The van der Waals surface area contributed by atoms with Crippen molar-refractivity contribution in [3.63, 3.8) is 0 Å². The molecule has 0 radical (unpaired) electrons. The van der Waals surface area contributed by atoms with Crippen molar-refractivity contribution < 1.29 is 24.4 Å². The van der Waals surface area contributed by atoms with Gasteiger partial charge in [-0.15, -0.1) is 0 Å². The molecule has 5 fully saturated rings. The van der Waals surface area contributed by atoms with E-state index in [4.69, 9.17) is 14.5 Å². The number of carbonyl (C=O) groups excluding carboxylic acids is 1. The average Bonchev–Trinajstić information content (AvgIpc) is 2.76. The minimum Gasteiger partial charge on any atom is -0.395 e. The van der Waals surface area contributed by atoms with Crippen molar-refractivity contribution in [2.24, 2.45) is 23.7 Å². The summed E-state index contributed by atoms with van der Waals surface area (Å²) in [5.74, 6) is 0.0469. The summed E-state index contributed by atoms with van der Waals surface area (Å²) in [7, 11) is 0. The lowest BCUT2D eigenvalue weighted by Crippen LogP contribution is -2.75. The quantitative estimate of drug-likeness (QED) is 0.782. The maximum absolute atomic E-state index is 12.9. The van der Waals surface area contributed by atoms with Crippen molar-refractivity contribution in [2.75, 3.05) is 13.2 Å². The molecule has 4 aliphatic heterocycles. The fourth-order valence-electron chi connectivity index (χ4n) is 5.49. The molecule has 1 N–H and O–H groups in total. The molecule has 0 unspecified atom stereocenters. The maximum atomic E-state index is 12.9. The Kier molecular flexibility index (Phi) is 3.54. The Balaban J connectivity index is 1.85. The van der Waals surface area contributed by atoms with E-state index in [2.05, 4.69) is 6.92 Å². The second-order valence-electron chi connectivity index (χ2n) is 7.97. The van der Waals surface area contributed by atoms with Gasteiger partial charge < -0.3 is 14.7 Å². The van der Waals surface area contributed by atoms with Gasteiger partial charge in [-0.2, -0.15) is 0 Å². The number of ether oxygens (including phenoxy) is 1. The summed E-state index contributed by atoms with van der Waals surface area (Å²) in [6, 6.07) is 0. The highest BCUT2D eigenvalue weighted by atomic mass is 17.3. The lowest BCUT2D eigenvalue weighted by Gasteiger charge is -2.61. The van der Waals surface area contributed by atoms with Gasteiger partial charge in [-0.3, -0.25) is 4.79 Å². The highest BCUT2D eigenvalue weighted by Gasteiger charge is 2.70. The van der Waals surface area contributed by atoms with Crippen LogP contribution in [0.1, 0.15) is 46.5 Å². The minimum absolute atomic E-state index is 0.0627. The summed E-state index contributed by atoms with van der Waals surface area (Å²) >= 11 is 0. The van der Waals surface area contributed by atoms with Gasteiger partial charge in [0.05, 0.1) is 6.61 Å². The van der Waals surface area contributed by atoms with Crippen LogP contribution in [-0.4, -0.2) is 46.7 Å². The number of likely N-dealkylation sites (tertiary alicyclic amines) is 1. The van der Waals surface area contributed by atoms with Crippen molar-refractivity contribution >= 4 is 5.91 Å². The molecule has 23 heavy (non-hydrogen) atoms. The first kappa shape index (κ1) is 15.8. The molecule has 2 bridgehead atoms.